The molecule has 7 heteroatoms. The molecular weight excluding hydrogens is 261 g/mol. The zero-order chi connectivity index (χ0) is 12.4. The van der Waals surface area contributed by atoms with Gasteiger partial charge in [0.25, 0.3) is 0 Å². The molecule has 0 aliphatic carbocycles. The number of pyridine rings is 1. The fourth-order valence-corrected chi connectivity index (χ4v) is 3.28. The number of hydrogen-bond acceptors (Lipinski definition) is 5. The van der Waals surface area contributed by atoms with Gasteiger partial charge in [0, 0.05) is 10.9 Å². The number of hydrogen-bond donors (Lipinski definition) is 2. The normalized spacial score (nSPS) is 12.4. The number of aromatic nitrogens is 1. The molecule has 2 rings (SSSR count). The Labute approximate surface area is 105 Å². The molecule has 0 aromatic carbocycles. The third-order valence-electron chi connectivity index (χ3n) is 2.03. The van der Waals surface area contributed by atoms with Gasteiger partial charge in [-0.05, 0) is 19.1 Å². The van der Waals surface area contributed by atoms with Crippen LogP contribution in [0.15, 0.2) is 28.5 Å². The minimum atomic E-state index is -1.47. The zero-order valence-corrected chi connectivity index (χ0v) is 10.6. The van der Waals surface area contributed by atoms with E-state index in [4.69, 9.17) is 5.73 Å². The van der Waals surface area contributed by atoms with E-state index < -0.39 is 17.3 Å². The summed E-state index contributed by atoms with van der Waals surface area (Å²) in [5, 5.41) is 0. The van der Waals surface area contributed by atoms with E-state index >= 15 is 0 Å². The van der Waals surface area contributed by atoms with Crippen LogP contribution in [0.25, 0.3) is 0 Å². The lowest BCUT2D eigenvalue weighted by molar-refractivity contribution is 0.584. The quantitative estimate of drug-likeness (QED) is 0.663. The molecule has 0 radical (unpaired) electrons. The molecule has 3 N–H and O–H groups in total. The topological polar surface area (TPSA) is 74.0 Å². The summed E-state index contributed by atoms with van der Waals surface area (Å²) in [6.07, 6.45) is 0. The number of nitrogens with zero attached hydrogens (tertiary/aromatic N) is 1. The molecule has 4 nitrogen and oxygen atoms in total. The van der Waals surface area contributed by atoms with Crippen molar-refractivity contribution in [2.45, 2.75) is 11.1 Å². The second-order valence-corrected chi connectivity index (χ2v) is 5.99. The van der Waals surface area contributed by atoms with E-state index in [-0.39, 0.29) is 5.82 Å². The minimum absolute atomic E-state index is 0.230. The molecule has 0 spiro atoms. The largest absolute Gasteiger partial charge is 0.587 e. The van der Waals surface area contributed by atoms with Crippen molar-refractivity contribution in [3.8, 4) is 0 Å². The Morgan fingerprint density at radius 3 is 2.88 bits per heavy atom. The maximum Gasteiger partial charge on any atom is 0.236 e. The van der Waals surface area contributed by atoms with Crippen LogP contribution in [0.5, 0.6) is 0 Å². The molecule has 0 aliphatic rings. The molecule has 0 aliphatic heterocycles. The summed E-state index contributed by atoms with van der Waals surface area (Å²) in [4.78, 5) is 4.48. The third kappa shape index (κ3) is 2.87. The molecule has 0 bridgehead atoms. The average molecular weight is 271 g/mol. The standard InChI is InChI=1S/C10H10FN3OS2/c1-6-7(12)5-10(16-6)17(15)14-9-4-2-3-8(11)13-9/h2-5H,12H2,1H3,(H,13,14). The highest BCUT2D eigenvalue weighted by molar-refractivity contribution is 7.94. The van der Waals surface area contributed by atoms with E-state index in [1.165, 1.54) is 23.5 Å². The van der Waals surface area contributed by atoms with Crippen molar-refractivity contribution >= 4 is 34.2 Å². The molecule has 2 aromatic rings. The second kappa shape index (κ2) is 4.91. The first-order valence-electron chi connectivity index (χ1n) is 4.73. The van der Waals surface area contributed by atoms with Gasteiger partial charge in [0.15, 0.2) is 5.82 Å². The van der Waals surface area contributed by atoms with Crippen LogP contribution in [0.2, 0.25) is 0 Å². The molecule has 2 aromatic heterocycles. The van der Waals surface area contributed by atoms with Gasteiger partial charge in [-0.3, -0.25) is 0 Å². The second-order valence-electron chi connectivity index (χ2n) is 3.29. The minimum Gasteiger partial charge on any atom is -0.587 e. The van der Waals surface area contributed by atoms with Crippen LogP contribution in [0, 0.1) is 12.9 Å². The van der Waals surface area contributed by atoms with Crippen LogP contribution in [-0.2, 0) is 11.4 Å². The molecule has 1 unspecified atom stereocenters. The highest BCUT2D eigenvalue weighted by atomic mass is 32.2. The number of nitrogens with one attached hydrogen (secondary N) is 1. The maximum atomic E-state index is 12.8. The SMILES string of the molecule is Cc1sc([S+]([O-])Nc2cccc(F)n2)cc1N. The Morgan fingerprint density at radius 2 is 2.29 bits per heavy atom. The predicted molar refractivity (Wildman–Crippen MR) is 67.7 cm³/mol. The number of rotatable bonds is 3. The van der Waals surface area contributed by atoms with Gasteiger partial charge in [0.05, 0.1) is 5.69 Å². The third-order valence-corrected chi connectivity index (χ3v) is 4.47. The van der Waals surface area contributed by atoms with E-state index in [0.29, 0.717) is 9.90 Å². The summed E-state index contributed by atoms with van der Waals surface area (Å²) in [5.74, 6) is -0.387. The Kier molecular flexibility index (Phi) is 3.51. The summed E-state index contributed by atoms with van der Waals surface area (Å²) in [6.45, 7) is 1.85. The molecule has 0 saturated carbocycles. The smallest absolute Gasteiger partial charge is 0.236 e. The summed E-state index contributed by atoms with van der Waals surface area (Å²) >= 11 is -0.136. The van der Waals surface area contributed by atoms with Crippen LogP contribution < -0.4 is 10.5 Å². The highest BCUT2D eigenvalue weighted by Crippen LogP contribution is 2.28. The number of nitrogen functional groups attached to an aromatic ring is 1. The predicted octanol–water partition coefficient (Wildman–Crippen LogP) is 2.31. The van der Waals surface area contributed by atoms with E-state index in [1.807, 2.05) is 6.92 Å². The highest BCUT2D eigenvalue weighted by Gasteiger charge is 2.17. The van der Waals surface area contributed by atoms with Crippen molar-refractivity contribution in [2.75, 3.05) is 10.5 Å². The molecule has 90 valence electrons. The molecule has 0 saturated heterocycles. The first-order chi connectivity index (χ1) is 8.06. The summed E-state index contributed by atoms with van der Waals surface area (Å²) in [6, 6.07) is 5.91. The lowest BCUT2D eigenvalue weighted by Crippen LogP contribution is -2.12. The van der Waals surface area contributed by atoms with Gasteiger partial charge in [-0.1, -0.05) is 17.4 Å². The van der Waals surface area contributed by atoms with Crippen LogP contribution in [0.1, 0.15) is 4.88 Å². The van der Waals surface area contributed by atoms with E-state index in [1.54, 1.807) is 12.1 Å². The van der Waals surface area contributed by atoms with Gasteiger partial charge < -0.3 is 10.3 Å². The van der Waals surface area contributed by atoms with Gasteiger partial charge in [-0.15, -0.1) is 0 Å². The van der Waals surface area contributed by atoms with E-state index in [9.17, 15) is 8.94 Å². The van der Waals surface area contributed by atoms with Gasteiger partial charge in [0.1, 0.15) is 11.4 Å². The first-order valence-corrected chi connectivity index (χ1v) is 6.70. The van der Waals surface area contributed by atoms with Gasteiger partial charge in [0.2, 0.25) is 10.2 Å². The van der Waals surface area contributed by atoms with Crippen molar-refractivity contribution in [3.05, 3.63) is 35.1 Å². The molecule has 0 amide bonds. The molecular formula is C10H10FN3OS2. The van der Waals surface area contributed by atoms with Gasteiger partial charge in [-0.25, -0.2) is 0 Å². The lowest BCUT2D eigenvalue weighted by atomic mass is 10.4. The van der Waals surface area contributed by atoms with Crippen molar-refractivity contribution in [1.82, 2.24) is 4.98 Å². The summed E-state index contributed by atoms with van der Waals surface area (Å²) in [5.41, 5.74) is 6.27. The lowest BCUT2D eigenvalue weighted by Gasteiger charge is -2.08. The Hall–Kier alpha value is -1.31. The number of nitrogens with two attached hydrogens (primary N) is 1. The van der Waals surface area contributed by atoms with Crippen molar-refractivity contribution < 1.29 is 8.94 Å². The fraction of sp³-hybridized carbons (Fsp3) is 0.100. The van der Waals surface area contributed by atoms with Crippen molar-refractivity contribution in [1.29, 1.82) is 0 Å². The molecule has 2 heterocycles. The number of thiophene rings is 1. The molecule has 1 atom stereocenters. The molecule has 0 fully saturated rings. The zero-order valence-electron chi connectivity index (χ0n) is 8.94. The fourth-order valence-electron chi connectivity index (χ4n) is 1.17. The number of aryl methyl sites for hydroxylation is 1. The number of anilines is 2. The summed E-state index contributed by atoms with van der Waals surface area (Å²) < 4.78 is 27.9. The van der Waals surface area contributed by atoms with Crippen LogP contribution in [-0.4, -0.2) is 9.54 Å². The number of halogens is 1. The average Bonchev–Trinajstić information content (AvgIpc) is 2.59. The Morgan fingerprint density at radius 1 is 1.53 bits per heavy atom. The monoisotopic (exact) mass is 271 g/mol. The van der Waals surface area contributed by atoms with E-state index in [2.05, 4.69) is 9.71 Å². The maximum absolute atomic E-state index is 12.8. The first kappa shape index (κ1) is 12.2. The van der Waals surface area contributed by atoms with Gasteiger partial charge in [-0.2, -0.15) is 14.1 Å². The van der Waals surface area contributed by atoms with Crippen LogP contribution >= 0.6 is 11.3 Å². The Balaban J connectivity index is 2.14. The van der Waals surface area contributed by atoms with Crippen molar-refractivity contribution in [3.63, 3.8) is 0 Å². The summed E-state index contributed by atoms with van der Waals surface area (Å²) in [7, 11) is 0. The van der Waals surface area contributed by atoms with Crippen LogP contribution in [0.3, 0.4) is 0 Å². The molecule has 17 heavy (non-hydrogen) atoms. The van der Waals surface area contributed by atoms with Crippen LogP contribution in [0.4, 0.5) is 15.9 Å². The van der Waals surface area contributed by atoms with Gasteiger partial charge >= 0.3 is 0 Å². The van der Waals surface area contributed by atoms with E-state index in [0.717, 1.165) is 4.88 Å². The Bertz CT molecular complexity index is 513. The van der Waals surface area contributed by atoms with Crippen molar-refractivity contribution in [2.24, 2.45) is 0 Å².